The summed E-state index contributed by atoms with van der Waals surface area (Å²) in [5, 5.41) is 1.09. The molecule has 1 heteroatoms. The number of benzene rings is 2. The van der Waals surface area contributed by atoms with Crippen LogP contribution in [-0.2, 0) is 0 Å². The predicted octanol–water partition coefficient (Wildman–Crippen LogP) is 1.45. The lowest BCUT2D eigenvalue weighted by atomic mass is 10.1. The predicted molar refractivity (Wildman–Crippen MR) is 83.8 cm³/mol. The van der Waals surface area contributed by atoms with Gasteiger partial charge in [0, 0.05) is 16.7 Å². The molecule has 0 aliphatic carbocycles. The average Bonchev–Trinajstić information content (AvgIpc) is 2.48. The highest BCUT2D eigenvalue weighted by Crippen LogP contribution is 2.00. The molecule has 0 radical (unpaired) electrons. The fraction of sp³-hybridized carbons (Fsp3) is 0. The first-order valence-electron chi connectivity index (χ1n) is 5.94. The van der Waals surface area contributed by atoms with Crippen molar-refractivity contribution in [2.45, 2.75) is 0 Å². The van der Waals surface area contributed by atoms with E-state index < -0.39 is 9.52 Å². The molecule has 2 aromatic carbocycles. The van der Waals surface area contributed by atoms with Gasteiger partial charge in [-0.1, -0.05) is 42.0 Å². The third kappa shape index (κ3) is 3.17. The highest BCUT2D eigenvalue weighted by Gasteiger charge is 2.03. The minimum absolute atomic E-state index is 0.781. The summed E-state index contributed by atoms with van der Waals surface area (Å²) in [6, 6.07) is 15.7. The topological polar surface area (TPSA) is 0 Å². The third-order valence-corrected chi connectivity index (χ3v) is 4.23. The van der Waals surface area contributed by atoms with E-state index in [0.717, 1.165) is 21.9 Å². The number of terminal acetylenes is 2. The Labute approximate surface area is 116 Å². The Kier molecular flexibility index (Phi) is 4.25. The SMILES string of the molecule is C#Cc1cccc(C#C)c1[SiH2]C#Cc1ccccc1. The Morgan fingerprint density at radius 3 is 2.00 bits per heavy atom. The van der Waals surface area contributed by atoms with Crippen molar-refractivity contribution in [3.8, 4) is 36.2 Å². The van der Waals surface area contributed by atoms with Gasteiger partial charge >= 0.3 is 0 Å². The maximum Gasteiger partial charge on any atom is 0.141 e. The van der Waals surface area contributed by atoms with Crippen LogP contribution in [0.15, 0.2) is 48.5 Å². The highest BCUT2D eigenvalue weighted by molar-refractivity contribution is 6.63. The van der Waals surface area contributed by atoms with Crippen LogP contribution in [0.1, 0.15) is 16.7 Å². The molecule has 0 saturated heterocycles. The molecule has 0 aliphatic rings. The van der Waals surface area contributed by atoms with Crippen LogP contribution in [0.5, 0.6) is 0 Å². The lowest BCUT2D eigenvalue weighted by molar-refractivity contribution is 1.65. The van der Waals surface area contributed by atoms with Crippen molar-refractivity contribution in [2.24, 2.45) is 0 Å². The second kappa shape index (κ2) is 6.32. The normalized spacial score (nSPS) is 9.37. The number of hydrogen-bond donors (Lipinski definition) is 0. The molecule has 0 unspecified atom stereocenters. The summed E-state index contributed by atoms with van der Waals surface area (Å²) in [7, 11) is -0.781. The van der Waals surface area contributed by atoms with Crippen molar-refractivity contribution < 1.29 is 0 Å². The van der Waals surface area contributed by atoms with E-state index in [1.165, 1.54) is 0 Å². The Morgan fingerprint density at radius 1 is 0.789 bits per heavy atom. The van der Waals surface area contributed by atoms with Gasteiger partial charge in [0.15, 0.2) is 0 Å². The summed E-state index contributed by atoms with van der Waals surface area (Å²) in [6.07, 6.45) is 11.0. The molecule has 0 heterocycles. The first-order valence-corrected chi connectivity index (χ1v) is 7.35. The zero-order chi connectivity index (χ0) is 13.5. The van der Waals surface area contributed by atoms with Crippen molar-refractivity contribution in [1.82, 2.24) is 0 Å². The van der Waals surface area contributed by atoms with Crippen LogP contribution in [0.2, 0.25) is 0 Å². The molecule has 0 N–H and O–H groups in total. The van der Waals surface area contributed by atoms with Gasteiger partial charge in [-0.2, -0.15) is 0 Å². The van der Waals surface area contributed by atoms with Gasteiger partial charge in [0.2, 0.25) is 0 Å². The first kappa shape index (κ1) is 12.8. The van der Waals surface area contributed by atoms with Gasteiger partial charge in [-0.15, -0.1) is 18.4 Å². The third-order valence-electron chi connectivity index (χ3n) is 2.76. The second-order valence-corrected chi connectivity index (χ2v) is 5.38. The fourth-order valence-electron chi connectivity index (χ4n) is 1.80. The van der Waals surface area contributed by atoms with Gasteiger partial charge in [0.05, 0.1) is 0 Å². The van der Waals surface area contributed by atoms with E-state index in [-0.39, 0.29) is 0 Å². The van der Waals surface area contributed by atoms with E-state index in [1.807, 2.05) is 48.5 Å². The van der Waals surface area contributed by atoms with Gasteiger partial charge < -0.3 is 0 Å². The van der Waals surface area contributed by atoms with Crippen LogP contribution in [0.3, 0.4) is 0 Å². The van der Waals surface area contributed by atoms with Gasteiger partial charge in [-0.05, 0) is 29.5 Å². The molecular weight excluding hydrogens is 244 g/mol. The molecule has 0 fully saturated rings. The average molecular weight is 256 g/mol. The minimum Gasteiger partial charge on any atom is -0.129 e. The Balaban J connectivity index is 2.29. The van der Waals surface area contributed by atoms with E-state index in [2.05, 4.69) is 23.3 Å². The van der Waals surface area contributed by atoms with Crippen molar-refractivity contribution in [3.05, 3.63) is 65.2 Å². The summed E-state index contributed by atoms with van der Waals surface area (Å²) in [6.45, 7) is 0. The van der Waals surface area contributed by atoms with Crippen molar-refractivity contribution in [3.63, 3.8) is 0 Å². The largest absolute Gasteiger partial charge is 0.141 e. The van der Waals surface area contributed by atoms with E-state index in [1.54, 1.807) is 0 Å². The lowest BCUT2D eigenvalue weighted by Crippen LogP contribution is -2.20. The fourth-order valence-corrected chi connectivity index (χ4v) is 3.09. The number of rotatable bonds is 1. The molecule has 0 amide bonds. The van der Waals surface area contributed by atoms with Crippen LogP contribution in [0.4, 0.5) is 0 Å². The van der Waals surface area contributed by atoms with Gasteiger partial charge in [0.1, 0.15) is 9.52 Å². The zero-order valence-corrected chi connectivity index (χ0v) is 11.9. The summed E-state index contributed by atoms with van der Waals surface area (Å²) in [5.74, 6) is 8.55. The van der Waals surface area contributed by atoms with E-state index in [4.69, 9.17) is 12.8 Å². The Morgan fingerprint density at radius 2 is 1.42 bits per heavy atom. The highest BCUT2D eigenvalue weighted by atomic mass is 28.2. The minimum atomic E-state index is -0.781. The smallest absolute Gasteiger partial charge is 0.129 e. The summed E-state index contributed by atoms with van der Waals surface area (Å²) >= 11 is 0. The molecule has 0 aromatic heterocycles. The Hall–Kier alpha value is -2.66. The molecule has 19 heavy (non-hydrogen) atoms. The molecule has 88 valence electrons. The van der Waals surface area contributed by atoms with Crippen LogP contribution >= 0.6 is 0 Å². The molecule has 2 rings (SSSR count). The molecule has 0 saturated carbocycles. The van der Waals surface area contributed by atoms with E-state index in [0.29, 0.717) is 0 Å². The maximum absolute atomic E-state index is 5.51. The lowest BCUT2D eigenvalue weighted by Gasteiger charge is -2.03. The zero-order valence-electron chi connectivity index (χ0n) is 10.5. The van der Waals surface area contributed by atoms with Gasteiger partial charge in [-0.3, -0.25) is 0 Å². The molecule has 0 bridgehead atoms. The number of hydrogen-bond acceptors (Lipinski definition) is 0. The standard InChI is InChI=1S/C18H12Si/c1-3-16-11-8-12-17(4-2)18(16)19-14-13-15-9-6-5-7-10-15/h1-2,5-12H,19H2. The van der Waals surface area contributed by atoms with Gasteiger partial charge in [-0.25, -0.2) is 0 Å². The van der Waals surface area contributed by atoms with Crippen LogP contribution in [0, 0.1) is 36.2 Å². The van der Waals surface area contributed by atoms with Crippen molar-refractivity contribution >= 4 is 14.7 Å². The monoisotopic (exact) mass is 256 g/mol. The molecule has 0 nitrogen and oxygen atoms in total. The summed E-state index contributed by atoms with van der Waals surface area (Å²) < 4.78 is 0. The Bertz CT molecular complexity index is 684. The van der Waals surface area contributed by atoms with Crippen LogP contribution in [0.25, 0.3) is 0 Å². The van der Waals surface area contributed by atoms with Crippen LogP contribution < -0.4 is 5.19 Å². The molecule has 2 aromatic rings. The molecule has 0 aliphatic heterocycles. The summed E-state index contributed by atoms with van der Waals surface area (Å²) in [5.41, 5.74) is 6.05. The van der Waals surface area contributed by atoms with Crippen molar-refractivity contribution in [1.29, 1.82) is 0 Å². The quantitative estimate of drug-likeness (QED) is 0.535. The van der Waals surface area contributed by atoms with Crippen molar-refractivity contribution in [2.75, 3.05) is 0 Å². The van der Waals surface area contributed by atoms with E-state index >= 15 is 0 Å². The van der Waals surface area contributed by atoms with Gasteiger partial charge in [0.25, 0.3) is 0 Å². The molecule has 0 spiro atoms. The first-order chi connectivity index (χ1) is 9.35. The molecular formula is C18H12Si. The molecule has 0 atom stereocenters. The van der Waals surface area contributed by atoms with E-state index in [9.17, 15) is 0 Å². The maximum atomic E-state index is 5.51. The second-order valence-electron chi connectivity index (χ2n) is 3.96. The van der Waals surface area contributed by atoms with Crippen LogP contribution in [-0.4, -0.2) is 9.52 Å². The summed E-state index contributed by atoms with van der Waals surface area (Å²) in [4.78, 5) is 0.